The fourth-order valence-electron chi connectivity index (χ4n) is 2.53. The number of ether oxygens (including phenoxy) is 1. The number of rotatable bonds is 8. The van der Waals surface area contributed by atoms with E-state index in [0.717, 1.165) is 23.3 Å². The third-order valence-corrected chi connectivity index (χ3v) is 4.06. The summed E-state index contributed by atoms with van der Waals surface area (Å²) in [5, 5.41) is 6.05. The predicted molar refractivity (Wildman–Crippen MR) is 105 cm³/mol. The van der Waals surface area contributed by atoms with Crippen LogP contribution < -0.4 is 15.4 Å². The molecule has 0 spiro atoms. The normalized spacial score (nSPS) is 10.3. The molecule has 2 N–H and O–H groups in total. The Morgan fingerprint density at radius 3 is 2.41 bits per heavy atom. The van der Waals surface area contributed by atoms with Crippen molar-refractivity contribution in [1.82, 2.24) is 15.3 Å². The molecule has 27 heavy (non-hydrogen) atoms. The zero-order valence-electron chi connectivity index (χ0n) is 15.2. The monoisotopic (exact) mass is 362 g/mol. The highest BCUT2D eigenvalue weighted by molar-refractivity contribution is 5.91. The van der Waals surface area contributed by atoms with E-state index >= 15 is 0 Å². The van der Waals surface area contributed by atoms with E-state index in [-0.39, 0.29) is 5.91 Å². The Morgan fingerprint density at radius 1 is 0.963 bits per heavy atom. The van der Waals surface area contributed by atoms with Crippen LogP contribution in [0, 0.1) is 0 Å². The van der Waals surface area contributed by atoms with Crippen molar-refractivity contribution in [3.8, 4) is 5.75 Å². The molecular weight excluding hydrogens is 340 g/mol. The Labute approximate surface area is 158 Å². The first kappa shape index (κ1) is 18.4. The molecule has 0 aliphatic carbocycles. The van der Waals surface area contributed by atoms with E-state index < -0.39 is 0 Å². The van der Waals surface area contributed by atoms with E-state index in [1.807, 2.05) is 54.6 Å². The minimum atomic E-state index is -0.231. The number of methoxy groups -OCH3 is 1. The SMILES string of the molecule is COc1ccc(CCNC(=O)c2cnc(NCc3ccccc3)cn2)cc1. The van der Waals surface area contributed by atoms with Crippen LogP contribution in [0.15, 0.2) is 67.0 Å². The highest BCUT2D eigenvalue weighted by atomic mass is 16.5. The lowest BCUT2D eigenvalue weighted by Crippen LogP contribution is -2.26. The van der Waals surface area contributed by atoms with Gasteiger partial charge < -0.3 is 15.4 Å². The maximum absolute atomic E-state index is 12.2. The van der Waals surface area contributed by atoms with Gasteiger partial charge in [0.2, 0.25) is 0 Å². The number of benzene rings is 2. The summed E-state index contributed by atoms with van der Waals surface area (Å²) < 4.78 is 5.13. The molecule has 0 atom stereocenters. The molecule has 0 bridgehead atoms. The van der Waals surface area contributed by atoms with Gasteiger partial charge in [0.05, 0.1) is 19.5 Å². The van der Waals surface area contributed by atoms with Gasteiger partial charge in [-0.1, -0.05) is 42.5 Å². The van der Waals surface area contributed by atoms with Gasteiger partial charge in [0, 0.05) is 13.1 Å². The minimum absolute atomic E-state index is 0.231. The number of hydrogen-bond acceptors (Lipinski definition) is 5. The molecule has 6 heteroatoms. The van der Waals surface area contributed by atoms with E-state index in [2.05, 4.69) is 20.6 Å². The van der Waals surface area contributed by atoms with Gasteiger partial charge in [-0.2, -0.15) is 0 Å². The second kappa shape index (κ2) is 9.33. The van der Waals surface area contributed by atoms with Gasteiger partial charge in [-0.25, -0.2) is 9.97 Å². The Morgan fingerprint density at radius 2 is 1.74 bits per heavy atom. The first-order chi connectivity index (χ1) is 13.2. The molecule has 0 saturated heterocycles. The van der Waals surface area contributed by atoms with Gasteiger partial charge in [-0.15, -0.1) is 0 Å². The summed E-state index contributed by atoms with van der Waals surface area (Å²) in [6, 6.07) is 17.8. The molecule has 0 aliphatic rings. The number of nitrogens with one attached hydrogen (secondary N) is 2. The van der Waals surface area contributed by atoms with Crippen LogP contribution in [0.25, 0.3) is 0 Å². The van der Waals surface area contributed by atoms with Crippen LogP contribution in [-0.4, -0.2) is 29.5 Å². The van der Waals surface area contributed by atoms with Crippen molar-refractivity contribution in [1.29, 1.82) is 0 Å². The molecule has 2 aromatic carbocycles. The quantitative estimate of drug-likeness (QED) is 0.644. The van der Waals surface area contributed by atoms with E-state index in [1.54, 1.807) is 13.3 Å². The third kappa shape index (κ3) is 5.54. The van der Waals surface area contributed by atoms with Crippen molar-refractivity contribution in [2.24, 2.45) is 0 Å². The molecule has 1 amide bonds. The fourth-order valence-corrected chi connectivity index (χ4v) is 2.53. The van der Waals surface area contributed by atoms with Crippen LogP contribution >= 0.6 is 0 Å². The number of amides is 1. The van der Waals surface area contributed by atoms with Crippen LogP contribution in [0.2, 0.25) is 0 Å². The first-order valence-corrected chi connectivity index (χ1v) is 8.75. The van der Waals surface area contributed by atoms with Crippen LogP contribution in [0.5, 0.6) is 5.75 Å². The Balaban J connectivity index is 1.45. The lowest BCUT2D eigenvalue weighted by Gasteiger charge is -2.07. The molecule has 1 aromatic heterocycles. The Hall–Kier alpha value is -3.41. The van der Waals surface area contributed by atoms with Gasteiger partial charge in [-0.3, -0.25) is 4.79 Å². The predicted octanol–water partition coefficient (Wildman–Crippen LogP) is 3.07. The molecule has 0 unspecified atom stereocenters. The smallest absolute Gasteiger partial charge is 0.271 e. The summed E-state index contributed by atoms with van der Waals surface area (Å²) in [6.07, 6.45) is 3.79. The summed E-state index contributed by atoms with van der Waals surface area (Å²) >= 11 is 0. The highest BCUT2D eigenvalue weighted by Crippen LogP contribution is 2.11. The summed E-state index contributed by atoms with van der Waals surface area (Å²) in [6.45, 7) is 1.18. The molecule has 3 aromatic rings. The zero-order valence-corrected chi connectivity index (χ0v) is 15.2. The summed E-state index contributed by atoms with van der Waals surface area (Å²) in [5.74, 6) is 1.22. The average Bonchev–Trinajstić information content (AvgIpc) is 2.74. The van der Waals surface area contributed by atoms with Crippen LogP contribution in [0.4, 0.5) is 5.82 Å². The third-order valence-electron chi connectivity index (χ3n) is 4.06. The first-order valence-electron chi connectivity index (χ1n) is 8.75. The number of anilines is 1. The number of hydrogen-bond donors (Lipinski definition) is 2. The molecule has 0 saturated carbocycles. The van der Waals surface area contributed by atoms with E-state index in [9.17, 15) is 4.79 Å². The molecule has 0 radical (unpaired) electrons. The second-order valence-electron chi connectivity index (χ2n) is 5.98. The van der Waals surface area contributed by atoms with Crippen molar-refractivity contribution in [3.63, 3.8) is 0 Å². The van der Waals surface area contributed by atoms with Crippen LogP contribution in [0.1, 0.15) is 21.6 Å². The number of carbonyl (C=O) groups excluding carboxylic acids is 1. The number of aromatic nitrogens is 2. The Bertz CT molecular complexity index is 850. The lowest BCUT2D eigenvalue weighted by atomic mass is 10.1. The maximum atomic E-state index is 12.2. The Kier molecular flexibility index (Phi) is 6.35. The summed E-state index contributed by atoms with van der Waals surface area (Å²) in [4.78, 5) is 20.6. The second-order valence-corrected chi connectivity index (χ2v) is 5.98. The van der Waals surface area contributed by atoms with Gasteiger partial charge in [0.15, 0.2) is 0 Å². The van der Waals surface area contributed by atoms with Gasteiger partial charge in [0.25, 0.3) is 5.91 Å². The molecule has 6 nitrogen and oxygen atoms in total. The van der Waals surface area contributed by atoms with E-state index in [4.69, 9.17) is 4.74 Å². The van der Waals surface area contributed by atoms with Gasteiger partial charge >= 0.3 is 0 Å². The largest absolute Gasteiger partial charge is 0.497 e. The average molecular weight is 362 g/mol. The minimum Gasteiger partial charge on any atom is -0.497 e. The van der Waals surface area contributed by atoms with Gasteiger partial charge in [0.1, 0.15) is 17.3 Å². The van der Waals surface area contributed by atoms with Gasteiger partial charge in [-0.05, 0) is 29.7 Å². The standard InChI is InChI=1S/C21H22N4O2/c1-27-18-9-7-16(8-10-18)11-12-22-21(26)19-14-25-20(15-23-19)24-13-17-5-3-2-4-6-17/h2-10,14-15H,11-13H2,1H3,(H,22,26)(H,24,25). The van der Waals surface area contributed by atoms with Crippen molar-refractivity contribution < 1.29 is 9.53 Å². The van der Waals surface area contributed by atoms with Crippen molar-refractivity contribution in [3.05, 3.63) is 83.8 Å². The van der Waals surface area contributed by atoms with Crippen molar-refractivity contribution in [2.45, 2.75) is 13.0 Å². The van der Waals surface area contributed by atoms with E-state index in [0.29, 0.717) is 24.6 Å². The number of nitrogens with zero attached hydrogens (tertiary/aromatic N) is 2. The highest BCUT2D eigenvalue weighted by Gasteiger charge is 2.07. The van der Waals surface area contributed by atoms with Crippen molar-refractivity contribution >= 4 is 11.7 Å². The molecule has 138 valence electrons. The van der Waals surface area contributed by atoms with Crippen LogP contribution in [-0.2, 0) is 13.0 Å². The molecule has 0 aliphatic heterocycles. The molecule has 0 fully saturated rings. The lowest BCUT2D eigenvalue weighted by molar-refractivity contribution is 0.0949. The molecule has 1 heterocycles. The zero-order chi connectivity index (χ0) is 18.9. The summed E-state index contributed by atoms with van der Waals surface area (Å²) in [5.41, 5.74) is 2.58. The van der Waals surface area contributed by atoms with E-state index in [1.165, 1.54) is 6.20 Å². The maximum Gasteiger partial charge on any atom is 0.271 e. The fraction of sp³-hybridized carbons (Fsp3) is 0.190. The summed E-state index contributed by atoms with van der Waals surface area (Å²) in [7, 11) is 1.64. The molecular formula is C21H22N4O2. The topological polar surface area (TPSA) is 76.1 Å². The van der Waals surface area contributed by atoms with Crippen LogP contribution in [0.3, 0.4) is 0 Å². The number of carbonyl (C=O) groups is 1. The van der Waals surface area contributed by atoms with Crippen molar-refractivity contribution in [2.75, 3.05) is 19.0 Å². The molecule has 3 rings (SSSR count).